The zero-order valence-corrected chi connectivity index (χ0v) is 8.61. The minimum absolute atomic E-state index is 0.643. The maximum atomic E-state index is 9.88. The van der Waals surface area contributed by atoms with E-state index in [0.29, 0.717) is 5.01 Å². The van der Waals surface area contributed by atoms with Crippen LogP contribution in [0.3, 0.4) is 0 Å². The van der Waals surface area contributed by atoms with E-state index < -0.39 is 6.10 Å². The van der Waals surface area contributed by atoms with Crippen molar-refractivity contribution in [2.24, 2.45) is 0 Å². The molecule has 74 valence electrons. The van der Waals surface area contributed by atoms with E-state index in [4.69, 9.17) is 0 Å². The van der Waals surface area contributed by atoms with Crippen molar-refractivity contribution in [1.82, 2.24) is 14.8 Å². The number of hydrogen-bond donors (Lipinski definition) is 1. The molecule has 0 aliphatic rings. The summed E-state index contributed by atoms with van der Waals surface area (Å²) in [6, 6.07) is 0. The molecular formula is C9H11N3OS. The lowest BCUT2D eigenvalue weighted by molar-refractivity contribution is 0.219. The fraction of sp³-hybridized carbons (Fsp3) is 0.333. The van der Waals surface area contributed by atoms with E-state index in [1.165, 1.54) is 11.3 Å². The molecule has 0 aliphatic carbocycles. The Bertz CT molecular complexity index is 396. The summed E-state index contributed by atoms with van der Waals surface area (Å²) in [6.07, 6.45) is 4.56. The van der Waals surface area contributed by atoms with Crippen LogP contribution in [0, 0.1) is 0 Å². The first-order valence-corrected chi connectivity index (χ1v) is 5.29. The number of thiazole rings is 1. The van der Waals surface area contributed by atoms with Crippen LogP contribution >= 0.6 is 11.3 Å². The fourth-order valence-corrected chi connectivity index (χ4v) is 1.85. The number of hydrogen-bond acceptors (Lipinski definition) is 4. The number of nitrogens with zero attached hydrogens (tertiary/aromatic N) is 3. The van der Waals surface area contributed by atoms with Crippen molar-refractivity contribution >= 4 is 11.3 Å². The summed E-state index contributed by atoms with van der Waals surface area (Å²) in [5.41, 5.74) is 0.793. The second-order valence-electron chi connectivity index (χ2n) is 2.90. The van der Waals surface area contributed by atoms with Crippen LogP contribution in [-0.4, -0.2) is 19.9 Å². The van der Waals surface area contributed by atoms with Gasteiger partial charge in [0.1, 0.15) is 11.1 Å². The smallest absolute Gasteiger partial charge is 0.134 e. The lowest BCUT2D eigenvalue weighted by Gasteiger charge is -2.02. The van der Waals surface area contributed by atoms with E-state index >= 15 is 0 Å². The number of aryl methyl sites for hydroxylation is 1. The minimum atomic E-state index is -0.643. The van der Waals surface area contributed by atoms with Crippen LogP contribution in [0.5, 0.6) is 0 Å². The number of aliphatic hydroxyl groups is 1. The molecule has 0 radical (unpaired) electrons. The normalized spacial score (nSPS) is 13.0. The maximum Gasteiger partial charge on any atom is 0.134 e. The minimum Gasteiger partial charge on any atom is -0.381 e. The predicted molar refractivity (Wildman–Crippen MR) is 54.1 cm³/mol. The van der Waals surface area contributed by atoms with E-state index in [9.17, 15) is 5.11 Å². The molecular weight excluding hydrogens is 198 g/mol. The van der Waals surface area contributed by atoms with Gasteiger partial charge in [0, 0.05) is 29.9 Å². The highest BCUT2D eigenvalue weighted by Crippen LogP contribution is 2.22. The standard InChI is InChI=1S/C9H11N3OS/c1-2-12-6-7(5-11-12)8(13)9-10-3-4-14-9/h3-6,8,13H,2H2,1H3. The van der Waals surface area contributed by atoms with Gasteiger partial charge in [0.25, 0.3) is 0 Å². The Morgan fingerprint density at radius 1 is 1.64 bits per heavy atom. The van der Waals surface area contributed by atoms with Crippen molar-refractivity contribution in [2.45, 2.75) is 19.6 Å². The van der Waals surface area contributed by atoms with Gasteiger partial charge in [-0.05, 0) is 6.92 Å². The second kappa shape index (κ2) is 3.89. The summed E-state index contributed by atoms with van der Waals surface area (Å²) in [5.74, 6) is 0. The molecule has 2 aromatic heterocycles. The molecule has 2 aromatic rings. The van der Waals surface area contributed by atoms with E-state index in [-0.39, 0.29) is 0 Å². The van der Waals surface area contributed by atoms with Gasteiger partial charge in [-0.1, -0.05) is 0 Å². The van der Waals surface area contributed by atoms with Crippen LogP contribution in [0.25, 0.3) is 0 Å². The molecule has 0 aliphatic heterocycles. The quantitative estimate of drug-likeness (QED) is 0.832. The first-order valence-electron chi connectivity index (χ1n) is 4.41. The van der Waals surface area contributed by atoms with Crippen molar-refractivity contribution in [3.8, 4) is 0 Å². The Kier molecular flexibility index (Phi) is 2.60. The van der Waals surface area contributed by atoms with E-state index in [1.807, 2.05) is 18.5 Å². The van der Waals surface area contributed by atoms with E-state index in [2.05, 4.69) is 10.1 Å². The molecule has 0 spiro atoms. The monoisotopic (exact) mass is 209 g/mol. The molecule has 0 bridgehead atoms. The van der Waals surface area contributed by atoms with Crippen molar-refractivity contribution in [1.29, 1.82) is 0 Å². The SMILES string of the molecule is CCn1cc(C(O)c2nccs2)cn1. The average Bonchev–Trinajstić information content (AvgIpc) is 2.88. The van der Waals surface area contributed by atoms with Gasteiger partial charge in [0.15, 0.2) is 0 Å². The van der Waals surface area contributed by atoms with Crippen molar-refractivity contribution in [2.75, 3.05) is 0 Å². The van der Waals surface area contributed by atoms with Crippen LogP contribution in [0.1, 0.15) is 23.6 Å². The second-order valence-corrected chi connectivity index (χ2v) is 3.83. The van der Waals surface area contributed by atoms with Crippen molar-refractivity contribution in [3.63, 3.8) is 0 Å². The summed E-state index contributed by atoms with van der Waals surface area (Å²) in [6.45, 7) is 2.82. The Balaban J connectivity index is 2.23. The molecule has 2 rings (SSSR count). The summed E-state index contributed by atoms with van der Waals surface area (Å²) >= 11 is 1.44. The molecule has 2 heterocycles. The molecule has 0 saturated carbocycles. The van der Waals surface area contributed by atoms with Gasteiger partial charge in [-0.15, -0.1) is 11.3 Å². The highest BCUT2D eigenvalue weighted by molar-refractivity contribution is 7.09. The Morgan fingerprint density at radius 2 is 2.50 bits per heavy atom. The summed E-state index contributed by atoms with van der Waals surface area (Å²) in [5, 5.41) is 16.5. The molecule has 0 amide bonds. The van der Waals surface area contributed by atoms with Gasteiger partial charge in [-0.25, -0.2) is 4.98 Å². The van der Waals surface area contributed by atoms with Gasteiger partial charge in [0.2, 0.25) is 0 Å². The molecule has 14 heavy (non-hydrogen) atoms. The summed E-state index contributed by atoms with van der Waals surface area (Å²) in [7, 11) is 0. The number of aliphatic hydroxyl groups excluding tert-OH is 1. The van der Waals surface area contributed by atoms with Gasteiger partial charge in [0.05, 0.1) is 6.20 Å². The molecule has 5 heteroatoms. The van der Waals surface area contributed by atoms with Crippen LogP contribution in [0.15, 0.2) is 24.0 Å². The average molecular weight is 209 g/mol. The summed E-state index contributed by atoms with van der Waals surface area (Å²) < 4.78 is 1.78. The van der Waals surface area contributed by atoms with Crippen LogP contribution in [0.4, 0.5) is 0 Å². The van der Waals surface area contributed by atoms with Gasteiger partial charge in [-0.3, -0.25) is 4.68 Å². The van der Waals surface area contributed by atoms with Crippen LogP contribution < -0.4 is 0 Å². The lowest BCUT2D eigenvalue weighted by Crippen LogP contribution is -1.97. The highest BCUT2D eigenvalue weighted by Gasteiger charge is 2.14. The zero-order chi connectivity index (χ0) is 9.97. The predicted octanol–water partition coefficient (Wildman–Crippen LogP) is 1.44. The first kappa shape index (κ1) is 9.36. The first-order chi connectivity index (χ1) is 6.81. The van der Waals surface area contributed by atoms with Crippen LogP contribution in [0.2, 0.25) is 0 Å². The number of rotatable bonds is 3. The molecule has 0 saturated heterocycles. The molecule has 1 atom stereocenters. The fourth-order valence-electron chi connectivity index (χ4n) is 1.21. The molecule has 0 fully saturated rings. The lowest BCUT2D eigenvalue weighted by atomic mass is 10.2. The van der Waals surface area contributed by atoms with Gasteiger partial charge >= 0.3 is 0 Å². The third kappa shape index (κ3) is 1.69. The maximum absolute atomic E-state index is 9.88. The molecule has 0 aromatic carbocycles. The third-order valence-corrected chi connectivity index (χ3v) is 2.81. The Hall–Kier alpha value is -1.20. The van der Waals surface area contributed by atoms with E-state index in [0.717, 1.165) is 12.1 Å². The highest BCUT2D eigenvalue weighted by atomic mass is 32.1. The van der Waals surface area contributed by atoms with Gasteiger partial charge in [-0.2, -0.15) is 5.10 Å². The zero-order valence-electron chi connectivity index (χ0n) is 7.79. The van der Waals surface area contributed by atoms with Gasteiger partial charge < -0.3 is 5.11 Å². The van der Waals surface area contributed by atoms with Crippen molar-refractivity contribution in [3.05, 3.63) is 34.5 Å². The molecule has 1 N–H and O–H groups in total. The topological polar surface area (TPSA) is 50.9 Å². The third-order valence-electron chi connectivity index (χ3n) is 1.98. The van der Waals surface area contributed by atoms with Crippen LogP contribution in [-0.2, 0) is 6.54 Å². The molecule has 1 unspecified atom stereocenters. The van der Waals surface area contributed by atoms with Crippen molar-refractivity contribution < 1.29 is 5.11 Å². The van der Waals surface area contributed by atoms with E-state index in [1.54, 1.807) is 17.1 Å². The number of aromatic nitrogens is 3. The Morgan fingerprint density at radius 3 is 3.07 bits per heavy atom. The summed E-state index contributed by atoms with van der Waals surface area (Å²) in [4.78, 5) is 4.06. The largest absolute Gasteiger partial charge is 0.381 e. The Labute approximate surface area is 85.8 Å². The molecule has 4 nitrogen and oxygen atoms in total.